The van der Waals surface area contributed by atoms with Gasteiger partial charge in [0.15, 0.2) is 0 Å². The highest BCUT2D eigenvalue weighted by molar-refractivity contribution is 5.94. The summed E-state index contributed by atoms with van der Waals surface area (Å²) in [4.78, 5) is 16.2. The van der Waals surface area contributed by atoms with Crippen molar-refractivity contribution in [2.24, 2.45) is 0 Å². The number of amides is 1. The Balaban J connectivity index is 1.96. The van der Waals surface area contributed by atoms with Crippen LogP contribution in [0.5, 0.6) is 5.75 Å². The molecule has 1 heterocycles. The average molecular weight is 327 g/mol. The second-order valence-electron chi connectivity index (χ2n) is 5.82. The molecule has 0 spiro atoms. The topological polar surface area (TPSA) is 63.2 Å². The number of anilines is 1. The van der Waals surface area contributed by atoms with E-state index in [0.717, 1.165) is 23.6 Å². The summed E-state index contributed by atoms with van der Waals surface area (Å²) in [5, 5.41) is 6.10. The van der Waals surface area contributed by atoms with Crippen LogP contribution in [0.1, 0.15) is 43.1 Å². The van der Waals surface area contributed by atoms with E-state index >= 15 is 0 Å². The summed E-state index contributed by atoms with van der Waals surface area (Å²) in [6, 6.07) is 11.5. The number of ether oxygens (including phenoxy) is 1. The Morgan fingerprint density at radius 2 is 2.00 bits per heavy atom. The zero-order chi connectivity index (χ0) is 17.4. The molecule has 0 radical (unpaired) electrons. The van der Waals surface area contributed by atoms with Crippen LogP contribution in [0.25, 0.3) is 0 Å². The van der Waals surface area contributed by atoms with Crippen LogP contribution in [0.15, 0.2) is 42.6 Å². The molecular weight excluding hydrogens is 302 g/mol. The summed E-state index contributed by atoms with van der Waals surface area (Å²) < 4.78 is 5.81. The Bertz CT molecular complexity index is 654. The van der Waals surface area contributed by atoms with Gasteiger partial charge in [0.05, 0.1) is 11.7 Å². The van der Waals surface area contributed by atoms with E-state index in [1.165, 1.54) is 0 Å². The third-order valence-corrected chi connectivity index (χ3v) is 3.36. The molecule has 0 aliphatic rings. The maximum absolute atomic E-state index is 11.9. The predicted molar refractivity (Wildman–Crippen MR) is 96.4 cm³/mol. The van der Waals surface area contributed by atoms with Crippen molar-refractivity contribution in [2.45, 2.75) is 39.8 Å². The minimum atomic E-state index is -0.0911. The molecular formula is C19H25N3O2. The van der Waals surface area contributed by atoms with Crippen LogP contribution in [0.2, 0.25) is 0 Å². The van der Waals surface area contributed by atoms with Crippen LogP contribution in [-0.2, 0) is 6.54 Å². The lowest BCUT2D eigenvalue weighted by molar-refractivity contribution is 0.0953. The summed E-state index contributed by atoms with van der Waals surface area (Å²) >= 11 is 0. The lowest BCUT2D eigenvalue weighted by atomic mass is 10.2. The van der Waals surface area contributed by atoms with Crippen molar-refractivity contribution in [3.8, 4) is 5.75 Å². The van der Waals surface area contributed by atoms with Gasteiger partial charge in [-0.05, 0) is 38.5 Å². The number of aromatic nitrogens is 1. The van der Waals surface area contributed by atoms with E-state index in [0.29, 0.717) is 18.7 Å². The van der Waals surface area contributed by atoms with E-state index in [-0.39, 0.29) is 12.0 Å². The van der Waals surface area contributed by atoms with Gasteiger partial charge in [-0.1, -0.05) is 25.1 Å². The van der Waals surface area contributed by atoms with E-state index < -0.39 is 0 Å². The Hall–Kier alpha value is -2.56. The maximum Gasteiger partial charge on any atom is 0.252 e. The van der Waals surface area contributed by atoms with Crippen molar-refractivity contribution < 1.29 is 9.53 Å². The molecule has 0 saturated carbocycles. The summed E-state index contributed by atoms with van der Waals surface area (Å²) in [6.45, 7) is 7.32. The number of para-hydroxylation sites is 1. The quantitative estimate of drug-likeness (QED) is 0.777. The summed E-state index contributed by atoms with van der Waals surface area (Å²) in [6.07, 6.45) is 2.63. The average Bonchev–Trinajstić information content (AvgIpc) is 2.59. The highest BCUT2D eigenvalue weighted by atomic mass is 16.5. The number of hydrogen-bond donors (Lipinski definition) is 2. The van der Waals surface area contributed by atoms with Crippen LogP contribution in [0.3, 0.4) is 0 Å². The van der Waals surface area contributed by atoms with Gasteiger partial charge in [-0.15, -0.1) is 0 Å². The maximum atomic E-state index is 11.9. The van der Waals surface area contributed by atoms with Crippen molar-refractivity contribution in [3.05, 3.63) is 53.7 Å². The molecule has 0 unspecified atom stereocenters. The van der Waals surface area contributed by atoms with Crippen molar-refractivity contribution in [2.75, 3.05) is 11.9 Å². The zero-order valence-electron chi connectivity index (χ0n) is 14.5. The predicted octanol–water partition coefficient (Wildman–Crippen LogP) is 3.62. The molecule has 0 fully saturated rings. The smallest absolute Gasteiger partial charge is 0.252 e. The second-order valence-corrected chi connectivity index (χ2v) is 5.82. The molecule has 1 amide bonds. The molecule has 1 aromatic heterocycles. The van der Waals surface area contributed by atoms with Crippen LogP contribution in [0.4, 0.5) is 5.82 Å². The van der Waals surface area contributed by atoms with Gasteiger partial charge in [0.25, 0.3) is 5.91 Å². The third kappa shape index (κ3) is 5.26. The fourth-order valence-electron chi connectivity index (χ4n) is 2.18. The Morgan fingerprint density at radius 3 is 2.67 bits per heavy atom. The first-order valence-corrected chi connectivity index (χ1v) is 8.32. The van der Waals surface area contributed by atoms with Gasteiger partial charge in [-0.25, -0.2) is 4.98 Å². The van der Waals surface area contributed by atoms with Gasteiger partial charge < -0.3 is 15.4 Å². The summed E-state index contributed by atoms with van der Waals surface area (Å²) in [5.41, 5.74) is 1.63. The lowest BCUT2D eigenvalue weighted by Gasteiger charge is -2.14. The SMILES string of the molecule is CCCNC(=O)c1ccc(NCc2ccccc2OC(C)C)nc1. The molecule has 5 nitrogen and oxygen atoms in total. The molecule has 0 bridgehead atoms. The van der Waals surface area contributed by atoms with Gasteiger partial charge in [-0.2, -0.15) is 0 Å². The van der Waals surface area contributed by atoms with Crippen LogP contribution >= 0.6 is 0 Å². The number of benzene rings is 1. The molecule has 0 aliphatic heterocycles. The number of nitrogens with zero attached hydrogens (tertiary/aromatic N) is 1. The zero-order valence-corrected chi connectivity index (χ0v) is 14.5. The molecule has 0 saturated heterocycles. The molecule has 5 heteroatoms. The van der Waals surface area contributed by atoms with E-state index in [4.69, 9.17) is 4.74 Å². The minimum Gasteiger partial charge on any atom is -0.491 e. The number of pyridine rings is 1. The summed E-state index contributed by atoms with van der Waals surface area (Å²) in [5.74, 6) is 1.50. The van der Waals surface area contributed by atoms with Gasteiger partial charge in [0, 0.05) is 24.8 Å². The first kappa shape index (κ1) is 17.8. The van der Waals surface area contributed by atoms with Gasteiger partial charge in [0.2, 0.25) is 0 Å². The van der Waals surface area contributed by atoms with Crippen LogP contribution in [0, 0.1) is 0 Å². The molecule has 128 valence electrons. The Labute approximate surface area is 143 Å². The standard InChI is InChI=1S/C19H25N3O2/c1-4-11-20-19(23)16-9-10-18(22-13-16)21-12-15-7-5-6-8-17(15)24-14(2)3/h5-10,13-14H,4,11-12H2,1-3H3,(H,20,23)(H,21,22). The van der Waals surface area contributed by atoms with E-state index in [1.807, 2.05) is 51.1 Å². The fraction of sp³-hybridized carbons (Fsp3) is 0.368. The van der Waals surface area contributed by atoms with Crippen LogP contribution < -0.4 is 15.4 Å². The van der Waals surface area contributed by atoms with Crippen molar-refractivity contribution in [1.82, 2.24) is 10.3 Å². The van der Waals surface area contributed by atoms with Gasteiger partial charge in [-0.3, -0.25) is 4.79 Å². The Morgan fingerprint density at radius 1 is 1.21 bits per heavy atom. The highest BCUT2D eigenvalue weighted by Gasteiger charge is 2.07. The molecule has 2 N–H and O–H groups in total. The number of carbonyl (C=O) groups is 1. The molecule has 0 aliphatic carbocycles. The minimum absolute atomic E-state index is 0.0911. The third-order valence-electron chi connectivity index (χ3n) is 3.36. The first-order valence-electron chi connectivity index (χ1n) is 8.32. The normalized spacial score (nSPS) is 10.5. The molecule has 24 heavy (non-hydrogen) atoms. The van der Waals surface area contributed by atoms with E-state index in [9.17, 15) is 4.79 Å². The number of carbonyl (C=O) groups excluding carboxylic acids is 1. The monoisotopic (exact) mass is 327 g/mol. The highest BCUT2D eigenvalue weighted by Crippen LogP contribution is 2.20. The van der Waals surface area contributed by atoms with Crippen LogP contribution in [-0.4, -0.2) is 23.5 Å². The first-order chi connectivity index (χ1) is 11.6. The van der Waals surface area contributed by atoms with Crippen molar-refractivity contribution >= 4 is 11.7 Å². The molecule has 2 rings (SSSR count). The molecule has 2 aromatic rings. The largest absolute Gasteiger partial charge is 0.491 e. The molecule has 0 atom stereocenters. The van der Waals surface area contributed by atoms with Gasteiger partial charge in [0.1, 0.15) is 11.6 Å². The second kappa shape index (κ2) is 8.91. The lowest BCUT2D eigenvalue weighted by Crippen LogP contribution is -2.24. The van der Waals surface area contributed by atoms with Gasteiger partial charge >= 0.3 is 0 Å². The number of rotatable bonds is 8. The van der Waals surface area contributed by atoms with Crippen molar-refractivity contribution in [3.63, 3.8) is 0 Å². The van der Waals surface area contributed by atoms with E-state index in [1.54, 1.807) is 12.3 Å². The molecule has 1 aromatic carbocycles. The fourth-order valence-corrected chi connectivity index (χ4v) is 2.18. The summed E-state index contributed by atoms with van der Waals surface area (Å²) in [7, 11) is 0. The number of hydrogen-bond acceptors (Lipinski definition) is 4. The van der Waals surface area contributed by atoms with E-state index in [2.05, 4.69) is 15.6 Å². The Kier molecular flexibility index (Phi) is 6.61. The van der Waals surface area contributed by atoms with Crippen molar-refractivity contribution in [1.29, 1.82) is 0 Å². The number of nitrogens with one attached hydrogen (secondary N) is 2.